The van der Waals surface area contributed by atoms with Crippen molar-refractivity contribution < 1.29 is 0 Å². The van der Waals surface area contributed by atoms with Crippen LogP contribution in [-0.2, 0) is 0 Å². The van der Waals surface area contributed by atoms with Crippen LogP contribution >= 0.6 is 0 Å². The first kappa shape index (κ1) is 13.7. The lowest BCUT2D eigenvalue weighted by atomic mass is 10.1. The van der Waals surface area contributed by atoms with Gasteiger partial charge in [-0.1, -0.05) is 70.4 Å². The first-order valence-corrected chi connectivity index (χ1v) is 6.36. The predicted octanol–water partition coefficient (Wildman–Crippen LogP) is 5.30. The van der Waals surface area contributed by atoms with E-state index in [4.69, 9.17) is 0 Å². The Labute approximate surface area is 90.8 Å². The van der Waals surface area contributed by atoms with E-state index in [1.807, 2.05) is 0 Å². The van der Waals surface area contributed by atoms with Crippen molar-refractivity contribution in [3.05, 3.63) is 18.6 Å². The van der Waals surface area contributed by atoms with E-state index in [1.54, 1.807) is 0 Å². The number of hydrogen-bond donors (Lipinski definition) is 0. The second-order valence-electron chi connectivity index (χ2n) is 4.03. The summed E-state index contributed by atoms with van der Waals surface area (Å²) in [6.45, 7) is 4.35. The van der Waals surface area contributed by atoms with Crippen molar-refractivity contribution in [2.75, 3.05) is 0 Å². The molecule has 0 bridgehead atoms. The Hall–Kier alpha value is -0.260. The van der Waals surface area contributed by atoms with Crippen LogP contribution in [0.5, 0.6) is 0 Å². The number of hydrogen-bond acceptors (Lipinski definition) is 0. The van der Waals surface area contributed by atoms with Crippen molar-refractivity contribution in [1.82, 2.24) is 0 Å². The van der Waals surface area contributed by atoms with Gasteiger partial charge in [-0.2, -0.15) is 0 Å². The van der Waals surface area contributed by atoms with Crippen LogP contribution in [0.25, 0.3) is 0 Å². The molecule has 14 heavy (non-hydrogen) atoms. The summed E-state index contributed by atoms with van der Waals surface area (Å²) in [5, 5.41) is 0. The van der Waals surface area contributed by atoms with Crippen LogP contribution in [0.1, 0.15) is 71.6 Å². The summed E-state index contributed by atoms with van der Waals surface area (Å²) in [4.78, 5) is 0. The van der Waals surface area contributed by atoms with Crippen LogP contribution in [0, 0.1) is 6.42 Å². The molecule has 0 saturated heterocycles. The Kier molecular flexibility index (Phi) is 12.5. The van der Waals surface area contributed by atoms with Gasteiger partial charge in [0, 0.05) is 0 Å². The van der Waals surface area contributed by atoms with Crippen molar-refractivity contribution >= 4 is 0 Å². The van der Waals surface area contributed by atoms with Crippen LogP contribution in [0.2, 0.25) is 0 Å². The number of rotatable bonds is 10. The van der Waals surface area contributed by atoms with Gasteiger partial charge in [0.05, 0.1) is 0 Å². The molecule has 0 heteroatoms. The minimum atomic E-state index is 1.26. The Morgan fingerprint density at radius 3 is 1.93 bits per heavy atom. The van der Waals surface area contributed by atoms with Crippen molar-refractivity contribution in [2.24, 2.45) is 0 Å². The SMILES string of the molecule is C/C=C\[CH]CCCCCCCCCC. The van der Waals surface area contributed by atoms with E-state index in [2.05, 4.69) is 32.4 Å². The molecule has 83 valence electrons. The van der Waals surface area contributed by atoms with Gasteiger partial charge in [0.1, 0.15) is 0 Å². The highest BCUT2D eigenvalue weighted by Crippen LogP contribution is 2.10. The zero-order valence-electron chi connectivity index (χ0n) is 10.1. The van der Waals surface area contributed by atoms with Gasteiger partial charge in [-0.05, 0) is 19.8 Å². The van der Waals surface area contributed by atoms with E-state index in [1.165, 1.54) is 57.8 Å². The Morgan fingerprint density at radius 1 is 0.786 bits per heavy atom. The summed E-state index contributed by atoms with van der Waals surface area (Å²) in [5.41, 5.74) is 0. The molecule has 0 aromatic rings. The normalized spacial score (nSPS) is 11.3. The zero-order chi connectivity index (χ0) is 10.5. The van der Waals surface area contributed by atoms with E-state index >= 15 is 0 Å². The zero-order valence-corrected chi connectivity index (χ0v) is 10.1. The maximum atomic E-state index is 2.27. The summed E-state index contributed by atoms with van der Waals surface area (Å²) in [6, 6.07) is 0. The Morgan fingerprint density at radius 2 is 1.36 bits per heavy atom. The monoisotopic (exact) mass is 195 g/mol. The largest absolute Gasteiger partial charge is 0.0914 e. The molecule has 0 rings (SSSR count). The first-order chi connectivity index (χ1) is 6.91. The average Bonchev–Trinajstić information content (AvgIpc) is 2.21. The maximum Gasteiger partial charge on any atom is -0.0171 e. The predicted molar refractivity (Wildman–Crippen MR) is 66.3 cm³/mol. The van der Waals surface area contributed by atoms with E-state index in [0.29, 0.717) is 0 Å². The fourth-order valence-corrected chi connectivity index (χ4v) is 1.63. The number of allylic oxidation sites excluding steroid dienone is 2. The minimum Gasteiger partial charge on any atom is -0.0914 e. The summed E-state index contributed by atoms with van der Waals surface area (Å²) in [7, 11) is 0. The fourth-order valence-electron chi connectivity index (χ4n) is 1.63. The van der Waals surface area contributed by atoms with E-state index in [9.17, 15) is 0 Å². The van der Waals surface area contributed by atoms with Crippen molar-refractivity contribution in [3.8, 4) is 0 Å². The molecule has 0 spiro atoms. The van der Waals surface area contributed by atoms with Crippen LogP contribution in [0.15, 0.2) is 12.2 Å². The molecule has 0 saturated carbocycles. The van der Waals surface area contributed by atoms with Gasteiger partial charge in [-0.3, -0.25) is 0 Å². The lowest BCUT2D eigenvalue weighted by molar-refractivity contribution is 0.575. The fraction of sp³-hybridized carbons (Fsp3) is 0.786. The third-order valence-electron chi connectivity index (χ3n) is 2.55. The van der Waals surface area contributed by atoms with Crippen LogP contribution in [-0.4, -0.2) is 0 Å². The van der Waals surface area contributed by atoms with Gasteiger partial charge >= 0.3 is 0 Å². The number of unbranched alkanes of at least 4 members (excludes halogenated alkanes) is 9. The van der Waals surface area contributed by atoms with Crippen LogP contribution in [0.4, 0.5) is 0 Å². The average molecular weight is 195 g/mol. The van der Waals surface area contributed by atoms with Gasteiger partial charge in [-0.25, -0.2) is 0 Å². The molecule has 0 fully saturated rings. The highest BCUT2D eigenvalue weighted by molar-refractivity contribution is 4.91. The van der Waals surface area contributed by atoms with E-state index < -0.39 is 0 Å². The standard InChI is InChI=1S/C14H27/c1-3-5-7-9-11-13-14-12-10-8-6-4-2/h3,5,7H,4,6,8-14H2,1-2H3/b5-3-. The molecule has 0 aliphatic carbocycles. The van der Waals surface area contributed by atoms with Gasteiger partial charge in [0.2, 0.25) is 0 Å². The summed E-state index contributed by atoms with van der Waals surface area (Å²) in [5.74, 6) is 0. The highest BCUT2D eigenvalue weighted by Gasteiger charge is 1.90. The molecule has 0 aromatic carbocycles. The quantitative estimate of drug-likeness (QED) is 0.415. The molecule has 0 aliphatic rings. The van der Waals surface area contributed by atoms with Gasteiger partial charge in [0.25, 0.3) is 0 Å². The van der Waals surface area contributed by atoms with E-state index in [0.717, 1.165) is 0 Å². The third-order valence-corrected chi connectivity index (χ3v) is 2.55. The van der Waals surface area contributed by atoms with Crippen molar-refractivity contribution in [2.45, 2.75) is 71.6 Å². The summed E-state index contributed by atoms with van der Waals surface area (Å²) < 4.78 is 0. The second kappa shape index (κ2) is 12.7. The minimum absolute atomic E-state index is 1.26. The maximum absolute atomic E-state index is 2.27. The smallest absolute Gasteiger partial charge is 0.0171 e. The molecule has 0 amide bonds. The first-order valence-electron chi connectivity index (χ1n) is 6.36. The van der Waals surface area contributed by atoms with Gasteiger partial charge < -0.3 is 0 Å². The van der Waals surface area contributed by atoms with Crippen LogP contribution in [0.3, 0.4) is 0 Å². The van der Waals surface area contributed by atoms with Crippen LogP contribution < -0.4 is 0 Å². The molecule has 0 aliphatic heterocycles. The molecule has 0 unspecified atom stereocenters. The third kappa shape index (κ3) is 11.7. The van der Waals surface area contributed by atoms with Crippen molar-refractivity contribution in [3.63, 3.8) is 0 Å². The lowest BCUT2D eigenvalue weighted by Crippen LogP contribution is -1.80. The summed E-state index contributed by atoms with van der Waals surface area (Å²) in [6.07, 6.45) is 19.2. The molecule has 0 aromatic heterocycles. The molecule has 1 radical (unpaired) electrons. The lowest BCUT2D eigenvalue weighted by Gasteiger charge is -2.00. The molecular formula is C14H27. The van der Waals surface area contributed by atoms with E-state index in [-0.39, 0.29) is 0 Å². The molecule has 0 atom stereocenters. The molecule has 0 N–H and O–H groups in total. The molecule has 0 heterocycles. The van der Waals surface area contributed by atoms with Crippen molar-refractivity contribution in [1.29, 1.82) is 0 Å². The molecular weight excluding hydrogens is 168 g/mol. The summed E-state index contributed by atoms with van der Waals surface area (Å²) >= 11 is 0. The highest BCUT2D eigenvalue weighted by atomic mass is 14.0. The topological polar surface area (TPSA) is 0 Å². The Bertz CT molecular complexity index is 113. The Balaban J connectivity index is 2.85. The van der Waals surface area contributed by atoms with Gasteiger partial charge in [-0.15, -0.1) is 0 Å². The molecule has 0 nitrogen and oxygen atoms in total. The second-order valence-corrected chi connectivity index (χ2v) is 4.03. The van der Waals surface area contributed by atoms with Gasteiger partial charge in [0.15, 0.2) is 0 Å².